The molecule has 2 atom stereocenters. The molecule has 1 aliphatic rings. The number of rotatable bonds is 7. The molecule has 2 unspecified atom stereocenters. The van der Waals surface area contributed by atoms with Crippen LogP contribution in [0.4, 0.5) is 0 Å². The number of benzene rings is 1. The molecule has 0 saturated carbocycles. The lowest BCUT2D eigenvalue weighted by Gasteiger charge is -2.20. The molecular weight excluding hydrogens is 328 g/mol. The van der Waals surface area contributed by atoms with Gasteiger partial charge in [0.25, 0.3) is 0 Å². The quantitative estimate of drug-likeness (QED) is 0.801. The summed E-state index contributed by atoms with van der Waals surface area (Å²) in [5.74, 6) is 0.947. The fourth-order valence-electron chi connectivity index (χ4n) is 2.98. The van der Waals surface area contributed by atoms with Gasteiger partial charge in [0.1, 0.15) is 5.75 Å². The summed E-state index contributed by atoms with van der Waals surface area (Å²) in [6.07, 6.45) is 3.74. The van der Waals surface area contributed by atoms with Gasteiger partial charge in [-0.05, 0) is 79.9 Å². The Morgan fingerprint density at radius 3 is 2.90 bits per heavy atom. The minimum atomic E-state index is 0.368. The van der Waals surface area contributed by atoms with Gasteiger partial charge in [0.2, 0.25) is 0 Å². The van der Waals surface area contributed by atoms with E-state index in [2.05, 4.69) is 65.2 Å². The van der Waals surface area contributed by atoms with Crippen LogP contribution < -0.4 is 10.1 Å². The fourth-order valence-corrected chi connectivity index (χ4v) is 3.49. The van der Waals surface area contributed by atoms with E-state index in [9.17, 15) is 0 Å². The summed E-state index contributed by atoms with van der Waals surface area (Å²) in [5.41, 5.74) is 1.28. The first kappa shape index (κ1) is 16.8. The molecule has 21 heavy (non-hydrogen) atoms. The Bertz CT molecular complexity index is 452. The number of hydrogen-bond acceptors (Lipinski definition) is 3. The second kappa shape index (κ2) is 8.16. The predicted octanol–water partition coefficient (Wildman–Crippen LogP) is 3.98. The summed E-state index contributed by atoms with van der Waals surface area (Å²) < 4.78 is 6.99. The highest BCUT2D eigenvalue weighted by Crippen LogP contribution is 2.29. The first-order valence-electron chi connectivity index (χ1n) is 7.97. The molecule has 0 aliphatic carbocycles. The molecule has 0 amide bonds. The zero-order chi connectivity index (χ0) is 15.2. The van der Waals surface area contributed by atoms with Crippen LogP contribution in [0.2, 0.25) is 0 Å². The molecule has 1 saturated heterocycles. The van der Waals surface area contributed by atoms with Gasteiger partial charge >= 0.3 is 0 Å². The Morgan fingerprint density at radius 1 is 1.48 bits per heavy atom. The van der Waals surface area contributed by atoms with Crippen molar-refractivity contribution in [2.24, 2.45) is 0 Å². The molecule has 0 bridgehead atoms. The van der Waals surface area contributed by atoms with E-state index >= 15 is 0 Å². The summed E-state index contributed by atoms with van der Waals surface area (Å²) in [7, 11) is 2.21. The van der Waals surface area contributed by atoms with Gasteiger partial charge < -0.3 is 15.0 Å². The van der Waals surface area contributed by atoms with Crippen molar-refractivity contribution in [2.75, 3.05) is 26.7 Å². The minimum Gasteiger partial charge on any atom is -0.492 e. The molecule has 4 heteroatoms. The smallest absolute Gasteiger partial charge is 0.133 e. The highest BCUT2D eigenvalue weighted by molar-refractivity contribution is 9.10. The van der Waals surface area contributed by atoms with Crippen molar-refractivity contribution in [2.45, 2.75) is 45.2 Å². The van der Waals surface area contributed by atoms with Gasteiger partial charge in [-0.15, -0.1) is 0 Å². The number of likely N-dealkylation sites (tertiary alicyclic amines) is 1. The van der Waals surface area contributed by atoms with E-state index in [0.717, 1.165) is 29.8 Å². The average molecular weight is 355 g/mol. The molecule has 1 aliphatic heterocycles. The second-order valence-corrected chi connectivity index (χ2v) is 6.74. The maximum Gasteiger partial charge on any atom is 0.133 e. The lowest BCUT2D eigenvalue weighted by atomic mass is 10.1. The van der Waals surface area contributed by atoms with Crippen LogP contribution in [0, 0.1) is 0 Å². The lowest BCUT2D eigenvalue weighted by molar-refractivity contribution is 0.232. The van der Waals surface area contributed by atoms with Crippen molar-refractivity contribution in [3.05, 3.63) is 28.2 Å². The molecule has 118 valence electrons. The Balaban J connectivity index is 1.86. The average Bonchev–Trinajstić information content (AvgIpc) is 2.86. The third kappa shape index (κ3) is 4.70. The first-order chi connectivity index (χ1) is 10.1. The molecule has 2 rings (SSSR count). The van der Waals surface area contributed by atoms with E-state index in [1.807, 2.05) is 0 Å². The predicted molar refractivity (Wildman–Crippen MR) is 92.0 cm³/mol. The first-order valence-corrected chi connectivity index (χ1v) is 8.77. The summed E-state index contributed by atoms with van der Waals surface area (Å²) in [4.78, 5) is 2.44. The number of ether oxygens (including phenoxy) is 1. The third-order valence-electron chi connectivity index (χ3n) is 4.35. The van der Waals surface area contributed by atoms with Crippen LogP contribution in [-0.4, -0.2) is 37.7 Å². The monoisotopic (exact) mass is 354 g/mol. The van der Waals surface area contributed by atoms with Gasteiger partial charge in [-0.1, -0.05) is 13.0 Å². The molecule has 3 nitrogen and oxygen atoms in total. The van der Waals surface area contributed by atoms with Crippen LogP contribution in [-0.2, 0) is 0 Å². The van der Waals surface area contributed by atoms with Crippen molar-refractivity contribution in [3.63, 3.8) is 0 Å². The van der Waals surface area contributed by atoms with Gasteiger partial charge in [-0.25, -0.2) is 0 Å². The SMILES string of the molecule is CCNC(C)c1ccc(OCCC2CCCN2C)c(Br)c1. The van der Waals surface area contributed by atoms with Crippen molar-refractivity contribution in [1.29, 1.82) is 0 Å². The largest absolute Gasteiger partial charge is 0.492 e. The molecule has 0 aromatic heterocycles. The normalized spacial score (nSPS) is 20.7. The van der Waals surface area contributed by atoms with Crippen LogP contribution in [0.25, 0.3) is 0 Å². The molecule has 1 heterocycles. The lowest BCUT2D eigenvalue weighted by Crippen LogP contribution is -2.26. The minimum absolute atomic E-state index is 0.368. The molecule has 0 spiro atoms. The van der Waals surface area contributed by atoms with Crippen molar-refractivity contribution >= 4 is 15.9 Å². The summed E-state index contributed by atoms with van der Waals surface area (Å²) in [5, 5.41) is 3.43. The standard InChI is InChI=1S/C17H27BrN2O/c1-4-19-13(2)14-7-8-17(16(18)12-14)21-11-9-15-6-5-10-20(15)3/h7-8,12-13,15,19H,4-6,9-11H2,1-3H3. The topological polar surface area (TPSA) is 24.5 Å². The maximum absolute atomic E-state index is 5.95. The highest BCUT2D eigenvalue weighted by Gasteiger charge is 2.20. The summed E-state index contributed by atoms with van der Waals surface area (Å²) in [6.45, 7) is 7.30. The van der Waals surface area contributed by atoms with Crippen LogP contribution in [0.15, 0.2) is 22.7 Å². The van der Waals surface area contributed by atoms with E-state index in [4.69, 9.17) is 4.74 Å². The van der Waals surface area contributed by atoms with Crippen LogP contribution in [0.3, 0.4) is 0 Å². The van der Waals surface area contributed by atoms with E-state index in [-0.39, 0.29) is 0 Å². The van der Waals surface area contributed by atoms with Gasteiger partial charge in [-0.3, -0.25) is 0 Å². The Labute approximate surface area is 137 Å². The second-order valence-electron chi connectivity index (χ2n) is 5.88. The zero-order valence-electron chi connectivity index (χ0n) is 13.4. The highest BCUT2D eigenvalue weighted by atomic mass is 79.9. The third-order valence-corrected chi connectivity index (χ3v) is 4.97. The van der Waals surface area contributed by atoms with E-state index in [0.29, 0.717) is 12.1 Å². The fraction of sp³-hybridized carbons (Fsp3) is 0.647. The Kier molecular flexibility index (Phi) is 6.52. The van der Waals surface area contributed by atoms with Gasteiger partial charge in [-0.2, -0.15) is 0 Å². The summed E-state index contributed by atoms with van der Waals surface area (Å²) in [6, 6.07) is 7.44. The van der Waals surface area contributed by atoms with Crippen LogP contribution in [0.5, 0.6) is 5.75 Å². The van der Waals surface area contributed by atoms with Crippen molar-refractivity contribution in [3.8, 4) is 5.75 Å². The van der Waals surface area contributed by atoms with Crippen LogP contribution >= 0.6 is 15.9 Å². The van der Waals surface area contributed by atoms with Crippen LogP contribution in [0.1, 0.15) is 44.7 Å². The Hall–Kier alpha value is -0.580. The van der Waals surface area contributed by atoms with Crippen molar-refractivity contribution in [1.82, 2.24) is 10.2 Å². The molecule has 1 aromatic carbocycles. The van der Waals surface area contributed by atoms with E-state index < -0.39 is 0 Å². The molecular formula is C17H27BrN2O. The zero-order valence-corrected chi connectivity index (χ0v) is 14.9. The Morgan fingerprint density at radius 2 is 2.29 bits per heavy atom. The van der Waals surface area contributed by atoms with Crippen molar-refractivity contribution < 1.29 is 4.74 Å². The molecule has 0 radical (unpaired) electrons. The van der Waals surface area contributed by atoms with Gasteiger partial charge in [0.05, 0.1) is 11.1 Å². The van der Waals surface area contributed by atoms with E-state index in [1.165, 1.54) is 24.9 Å². The number of halogens is 1. The number of hydrogen-bond donors (Lipinski definition) is 1. The van der Waals surface area contributed by atoms with E-state index in [1.54, 1.807) is 0 Å². The number of nitrogens with zero attached hydrogens (tertiary/aromatic N) is 1. The molecule has 1 N–H and O–H groups in total. The van der Waals surface area contributed by atoms with Gasteiger partial charge in [0.15, 0.2) is 0 Å². The molecule has 1 aromatic rings. The number of nitrogens with one attached hydrogen (secondary N) is 1. The summed E-state index contributed by atoms with van der Waals surface area (Å²) >= 11 is 3.63. The molecule has 1 fully saturated rings. The van der Waals surface area contributed by atoms with Gasteiger partial charge in [0, 0.05) is 12.1 Å². The maximum atomic E-state index is 5.95.